The molecule has 8 nitrogen and oxygen atoms in total. The summed E-state index contributed by atoms with van der Waals surface area (Å²) in [6.07, 6.45) is 2.50. The lowest BCUT2D eigenvalue weighted by atomic mass is 10.0. The van der Waals surface area contributed by atoms with Gasteiger partial charge in [-0.1, -0.05) is 67.1 Å². The van der Waals surface area contributed by atoms with Crippen LogP contribution in [0.2, 0.25) is 5.02 Å². The van der Waals surface area contributed by atoms with Crippen LogP contribution in [-0.4, -0.2) is 57.1 Å². The highest BCUT2D eigenvalue weighted by Gasteiger charge is 2.31. The van der Waals surface area contributed by atoms with Crippen molar-refractivity contribution in [1.82, 2.24) is 10.2 Å². The van der Waals surface area contributed by atoms with Crippen LogP contribution in [0.4, 0.5) is 5.69 Å². The minimum atomic E-state index is -3.65. The van der Waals surface area contributed by atoms with Crippen molar-refractivity contribution < 1.29 is 22.7 Å². The van der Waals surface area contributed by atoms with Gasteiger partial charge in [0, 0.05) is 37.0 Å². The topological polar surface area (TPSA) is 96.0 Å². The van der Waals surface area contributed by atoms with E-state index in [1.807, 2.05) is 68.4 Å². The largest absolute Gasteiger partial charge is 0.497 e. The maximum atomic E-state index is 14.0. The van der Waals surface area contributed by atoms with E-state index in [9.17, 15) is 18.0 Å². The maximum absolute atomic E-state index is 14.0. The van der Waals surface area contributed by atoms with Crippen molar-refractivity contribution >= 4 is 39.1 Å². The molecule has 2 amide bonds. The number of nitrogens with zero attached hydrogens (tertiary/aromatic N) is 2. The number of ether oxygens (including phenoxy) is 1. The van der Waals surface area contributed by atoms with E-state index in [0.717, 1.165) is 23.8 Å². The van der Waals surface area contributed by atoms with Crippen molar-refractivity contribution in [1.29, 1.82) is 0 Å². The number of rotatable bonds is 15. The number of methoxy groups -OCH3 is 1. The highest BCUT2D eigenvalue weighted by Crippen LogP contribution is 2.29. The molecule has 0 fully saturated rings. The Bertz CT molecular complexity index is 1480. The number of halogens is 1. The summed E-state index contributed by atoms with van der Waals surface area (Å²) in [7, 11) is -2.07. The molecule has 0 saturated carbocycles. The molecular weight excluding hydrogens is 586 g/mol. The second-order valence-electron chi connectivity index (χ2n) is 10.7. The van der Waals surface area contributed by atoms with E-state index in [0.29, 0.717) is 28.4 Å². The molecule has 232 valence electrons. The van der Waals surface area contributed by atoms with Gasteiger partial charge in [-0.3, -0.25) is 13.9 Å². The van der Waals surface area contributed by atoms with Crippen LogP contribution in [0.1, 0.15) is 49.8 Å². The van der Waals surface area contributed by atoms with Crippen molar-refractivity contribution in [3.8, 4) is 5.75 Å². The molecule has 10 heteroatoms. The Hall–Kier alpha value is -3.56. The van der Waals surface area contributed by atoms with Crippen LogP contribution < -0.4 is 14.4 Å². The quantitative estimate of drug-likeness (QED) is 0.231. The first-order valence-electron chi connectivity index (χ1n) is 14.4. The number of amides is 2. The third kappa shape index (κ3) is 9.73. The lowest BCUT2D eigenvalue weighted by molar-refractivity contribution is -0.141. The fourth-order valence-corrected chi connectivity index (χ4v) is 6.00. The van der Waals surface area contributed by atoms with Gasteiger partial charge >= 0.3 is 0 Å². The van der Waals surface area contributed by atoms with Gasteiger partial charge < -0.3 is 15.0 Å². The zero-order valence-electron chi connectivity index (χ0n) is 25.5. The second-order valence-corrected chi connectivity index (χ2v) is 13.0. The lowest BCUT2D eigenvalue weighted by Gasteiger charge is -2.33. The average molecular weight is 628 g/mol. The van der Waals surface area contributed by atoms with Crippen LogP contribution in [0, 0.1) is 6.92 Å². The van der Waals surface area contributed by atoms with Crippen LogP contribution in [0.25, 0.3) is 0 Å². The van der Waals surface area contributed by atoms with Gasteiger partial charge in [0.15, 0.2) is 0 Å². The molecule has 0 radical (unpaired) electrons. The first kappa shape index (κ1) is 33.9. The number of anilines is 1. The smallest absolute Gasteiger partial charge is 0.243 e. The monoisotopic (exact) mass is 627 g/mol. The maximum Gasteiger partial charge on any atom is 0.243 e. The van der Waals surface area contributed by atoms with Crippen LogP contribution in [0.15, 0.2) is 72.8 Å². The molecule has 43 heavy (non-hydrogen) atoms. The standard InChI is InChI=1S/C33H42ClN3O5S/c1-6-24(2)35-33(39)31(22-26-13-8-7-9-14-26)36(23-27-15-10-16-28(21-27)42-4)32(38)19-12-20-37(43(5,40)41)30-18-11-17-29(34)25(30)3/h7-11,13-18,21,24,31H,6,12,19-20,22-23H2,1-5H3,(H,35,39). The third-order valence-corrected chi connectivity index (χ3v) is 9.01. The molecule has 3 aromatic rings. The number of hydrogen-bond donors (Lipinski definition) is 1. The Labute approximate surface area is 261 Å². The molecule has 0 aliphatic heterocycles. The molecule has 1 N–H and O–H groups in total. The van der Waals surface area contributed by atoms with E-state index in [2.05, 4.69) is 5.32 Å². The number of sulfonamides is 1. The summed E-state index contributed by atoms with van der Waals surface area (Å²) in [4.78, 5) is 29.3. The van der Waals surface area contributed by atoms with E-state index in [4.69, 9.17) is 16.3 Å². The fraction of sp³-hybridized carbons (Fsp3) is 0.394. The van der Waals surface area contributed by atoms with Crippen molar-refractivity contribution in [2.45, 2.75) is 65.1 Å². The summed E-state index contributed by atoms with van der Waals surface area (Å²) >= 11 is 6.28. The summed E-state index contributed by atoms with van der Waals surface area (Å²) in [6, 6.07) is 21.3. The predicted molar refractivity (Wildman–Crippen MR) is 173 cm³/mol. The Morgan fingerprint density at radius 1 is 1.00 bits per heavy atom. The number of hydrogen-bond acceptors (Lipinski definition) is 5. The van der Waals surface area contributed by atoms with Gasteiger partial charge in [-0.25, -0.2) is 8.42 Å². The zero-order chi connectivity index (χ0) is 31.6. The zero-order valence-corrected chi connectivity index (χ0v) is 27.1. The van der Waals surface area contributed by atoms with Gasteiger partial charge in [-0.2, -0.15) is 0 Å². The Kier molecular flexibility index (Phi) is 12.5. The molecule has 3 aromatic carbocycles. The Morgan fingerprint density at radius 3 is 2.33 bits per heavy atom. The van der Waals surface area contributed by atoms with Crippen molar-refractivity contribution in [3.63, 3.8) is 0 Å². The molecule has 3 rings (SSSR count). The van der Waals surface area contributed by atoms with Crippen LogP contribution in [0.3, 0.4) is 0 Å². The molecule has 0 aliphatic rings. The number of nitrogens with one attached hydrogen (secondary N) is 1. The summed E-state index contributed by atoms with van der Waals surface area (Å²) in [6.45, 7) is 5.96. The summed E-state index contributed by atoms with van der Waals surface area (Å²) in [5.74, 6) is 0.162. The van der Waals surface area contributed by atoms with Crippen molar-refractivity contribution in [3.05, 3.63) is 94.5 Å². The van der Waals surface area contributed by atoms with E-state index in [1.165, 1.54) is 4.31 Å². The molecule has 2 unspecified atom stereocenters. The van der Waals surface area contributed by atoms with E-state index >= 15 is 0 Å². The second kappa shape index (κ2) is 15.8. The van der Waals surface area contributed by atoms with Gasteiger partial charge in [0.25, 0.3) is 0 Å². The first-order chi connectivity index (χ1) is 20.4. The van der Waals surface area contributed by atoms with E-state index < -0.39 is 16.1 Å². The van der Waals surface area contributed by atoms with Gasteiger partial charge in [-0.15, -0.1) is 0 Å². The molecule has 0 aromatic heterocycles. The van der Waals surface area contributed by atoms with Gasteiger partial charge in [-0.05, 0) is 67.6 Å². The van der Waals surface area contributed by atoms with Gasteiger partial charge in [0.2, 0.25) is 21.8 Å². The van der Waals surface area contributed by atoms with Gasteiger partial charge in [0.1, 0.15) is 11.8 Å². The Balaban J connectivity index is 1.93. The molecule has 2 atom stereocenters. The summed E-state index contributed by atoms with van der Waals surface area (Å²) in [5.41, 5.74) is 2.86. The summed E-state index contributed by atoms with van der Waals surface area (Å²) in [5, 5.41) is 3.52. The first-order valence-corrected chi connectivity index (χ1v) is 16.7. The predicted octanol–water partition coefficient (Wildman–Crippen LogP) is 5.76. The van der Waals surface area contributed by atoms with E-state index in [-0.39, 0.29) is 43.8 Å². The molecule has 0 heterocycles. The highest BCUT2D eigenvalue weighted by atomic mass is 35.5. The fourth-order valence-electron chi connectivity index (χ4n) is 4.81. The number of carbonyl (C=O) groups excluding carboxylic acids is 2. The third-order valence-electron chi connectivity index (χ3n) is 7.42. The summed E-state index contributed by atoms with van der Waals surface area (Å²) < 4.78 is 32.2. The van der Waals surface area contributed by atoms with Crippen molar-refractivity contribution in [2.75, 3.05) is 24.2 Å². The molecule has 0 spiro atoms. The average Bonchev–Trinajstić information content (AvgIpc) is 2.98. The lowest BCUT2D eigenvalue weighted by Crippen LogP contribution is -2.52. The van der Waals surface area contributed by atoms with Crippen LogP contribution >= 0.6 is 11.6 Å². The highest BCUT2D eigenvalue weighted by molar-refractivity contribution is 7.92. The van der Waals surface area contributed by atoms with Crippen LogP contribution in [-0.2, 0) is 32.6 Å². The van der Waals surface area contributed by atoms with Crippen LogP contribution in [0.5, 0.6) is 5.75 Å². The Morgan fingerprint density at radius 2 is 1.67 bits per heavy atom. The van der Waals surface area contributed by atoms with Crippen molar-refractivity contribution in [2.24, 2.45) is 0 Å². The molecule has 0 saturated heterocycles. The van der Waals surface area contributed by atoms with E-state index in [1.54, 1.807) is 37.1 Å². The number of carbonyl (C=O) groups is 2. The molecule has 0 bridgehead atoms. The molecular formula is C33H42ClN3O5S. The minimum Gasteiger partial charge on any atom is -0.497 e. The minimum absolute atomic E-state index is 0.0392. The molecule has 0 aliphatic carbocycles. The SMILES string of the molecule is CCC(C)NC(=O)C(Cc1ccccc1)N(Cc1cccc(OC)c1)C(=O)CCCN(c1cccc(Cl)c1C)S(C)(=O)=O. The normalized spacial score (nSPS) is 12.7. The number of benzene rings is 3. The van der Waals surface area contributed by atoms with Gasteiger partial charge in [0.05, 0.1) is 19.1 Å².